The van der Waals surface area contributed by atoms with Crippen LogP contribution in [0.25, 0.3) is 0 Å². The molecule has 0 radical (unpaired) electrons. The molecule has 2 aromatic carbocycles. The van der Waals surface area contributed by atoms with Crippen LogP contribution in [0.2, 0.25) is 5.02 Å². The average Bonchev–Trinajstić information content (AvgIpc) is 3.52. The summed E-state index contributed by atoms with van der Waals surface area (Å²) in [5.74, 6) is -1.19. The molecule has 1 saturated carbocycles. The summed E-state index contributed by atoms with van der Waals surface area (Å²) < 4.78 is 9.23. The predicted molar refractivity (Wildman–Crippen MR) is 139 cm³/mol. The van der Waals surface area contributed by atoms with E-state index in [-0.39, 0.29) is 28.2 Å². The maximum absolute atomic E-state index is 14.0. The summed E-state index contributed by atoms with van der Waals surface area (Å²) >= 11 is 6.87. The van der Waals surface area contributed by atoms with E-state index in [9.17, 15) is 14.4 Å². The fourth-order valence-corrected chi connectivity index (χ4v) is 5.15. The number of nitrogens with two attached hydrogens (primary N) is 2. The van der Waals surface area contributed by atoms with Gasteiger partial charge in [-0.2, -0.15) is 4.37 Å². The Bertz CT molecular complexity index is 1260. The van der Waals surface area contributed by atoms with Gasteiger partial charge in [0.25, 0.3) is 11.8 Å². The first kappa shape index (κ1) is 25.5. The summed E-state index contributed by atoms with van der Waals surface area (Å²) in [5.41, 5.74) is 12.1. The molecule has 0 saturated heterocycles. The summed E-state index contributed by atoms with van der Waals surface area (Å²) in [6.45, 7) is 0. The normalized spacial score (nSPS) is 14.3. The van der Waals surface area contributed by atoms with Crippen LogP contribution in [0.5, 0.6) is 5.75 Å². The highest BCUT2D eigenvalue weighted by atomic mass is 35.5. The van der Waals surface area contributed by atoms with Crippen molar-refractivity contribution < 1.29 is 19.1 Å². The molecule has 1 aliphatic carbocycles. The Labute approximate surface area is 217 Å². The number of hydrogen-bond donors (Lipinski definition) is 3. The zero-order valence-corrected chi connectivity index (χ0v) is 21.1. The first-order valence-electron chi connectivity index (χ1n) is 11.4. The van der Waals surface area contributed by atoms with E-state index >= 15 is 0 Å². The van der Waals surface area contributed by atoms with Crippen molar-refractivity contribution in [2.24, 2.45) is 5.73 Å². The van der Waals surface area contributed by atoms with E-state index in [0.717, 1.165) is 37.2 Å². The molecule has 1 aliphatic rings. The summed E-state index contributed by atoms with van der Waals surface area (Å²) in [6, 6.07) is 12.4. The van der Waals surface area contributed by atoms with Crippen molar-refractivity contribution in [2.75, 3.05) is 17.7 Å². The monoisotopic (exact) mass is 527 g/mol. The second-order valence-corrected chi connectivity index (χ2v) is 9.67. The zero-order valence-electron chi connectivity index (χ0n) is 19.6. The fourth-order valence-electron chi connectivity index (χ4n) is 4.28. The quantitative estimate of drug-likeness (QED) is 0.405. The van der Waals surface area contributed by atoms with Crippen LogP contribution in [0, 0.1) is 0 Å². The van der Waals surface area contributed by atoms with E-state index < -0.39 is 17.9 Å². The van der Waals surface area contributed by atoms with Gasteiger partial charge in [0.2, 0.25) is 5.91 Å². The van der Waals surface area contributed by atoms with Crippen LogP contribution < -0.4 is 26.4 Å². The first-order chi connectivity index (χ1) is 17.3. The highest BCUT2D eigenvalue weighted by Gasteiger charge is 2.37. The molecule has 0 aliphatic heterocycles. The van der Waals surface area contributed by atoms with E-state index in [0.29, 0.717) is 22.0 Å². The van der Waals surface area contributed by atoms with Crippen LogP contribution in [0.3, 0.4) is 0 Å². The predicted octanol–water partition coefficient (Wildman–Crippen LogP) is 3.93. The van der Waals surface area contributed by atoms with Gasteiger partial charge in [-0.1, -0.05) is 36.6 Å². The van der Waals surface area contributed by atoms with Gasteiger partial charge in [0.15, 0.2) is 5.69 Å². The summed E-state index contributed by atoms with van der Waals surface area (Å²) in [4.78, 5) is 40.9. The fraction of sp³-hybridized carbons (Fsp3) is 0.280. The van der Waals surface area contributed by atoms with Gasteiger partial charge in [0.05, 0.1) is 12.8 Å². The molecular weight excluding hydrogens is 502 g/mol. The Balaban J connectivity index is 1.84. The lowest BCUT2D eigenvalue weighted by Crippen LogP contribution is -2.46. The zero-order chi connectivity index (χ0) is 25.8. The summed E-state index contributed by atoms with van der Waals surface area (Å²) in [6.07, 6.45) is 3.81. The Hall–Kier alpha value is -3.63. The van der Waals surface area contributed by atoms with Gasteiger partial charge in [0, 0.05) is 16.8 Å². The van der Waals surface area contributed by atoms with Crippen LogP contribution in [0.1, 0.15) is 57.4 Å². The number of nitrogens with one attached hydrogen (secondary N) is 1. The van der Waals surface area contributed by atoms with Crippen molar-refractivity contribution in [3.63, 3.8) is 0 Å². The van der Waals surface area contributed by atoms with Crippen LogP contribution >= 0.6 is 23.1 Å². The molecule has 3 amide bonds. The third kappa shape index (κ3) is 5.29. The van der Waals surface area contributed by atoms with Gasteiger partial charge in [-0.05, 0) is 66.3 Å². The molecule has 1 atom stereocenters. The number of carbonyl (C=O) groups excluding carboxylic acids is 3. The van der Waals surface area contributed by atoms with E-state index in [1.165, 1.54) is 12.0 Å². The SMILES string of the molecule is COc1ccc(N(C(=O)c2snc(C(N)=O)c2N)[C@H](C(=O)NC2CCCC2)c2ccc(Cl)cc2)cc1. The van der Waals surface area contributed by atoms with Gasteiger partial charge in [-0.25, -0.2) is 0 Å². The minimum Gasteiger partial charge on any atom is -0.497 e. The Morgan fingerprint density at radius 2 is 1.75 bits per heavy atom. The molecule has 36 heavy (non-hydrogen) atoms. The largest absolute Gasteiger partial charge is 0.497 e. The van der Waals surface area contributed by atoms with E-state index in [2.05, 4.69) is 9.69 Å². The molecule has 1 aromatic heterocycles. The van der Waals surface area contributed by atoms with Gasteiger partial charge in [-0.15, -0.1) is 0 Å². The molecule has 1 heterocycles. The van der Waals surface area contributed by atoms with E-state index in [1.807, 2.05) is 0 Å². The first-order valence-corrected chi connectivity index (χ1v) is 12.5. The molecule has 5 N–H and O–H groups in total. The number of primary amides is 1. The molecule has 0 spiro atoms. The number of carbonyl (C=O) groups is 3. The second kappa shape index (κ2) is 11.0. The van der Waals surface area contributed by atoms with Crippen molar-refractivity contribution in [3.8, 4) is 5.75 Å². The van der Waals surface area contributed by atoms with Crippen molar-refractivity contribution in [3.05, 3.63) is 69.7 Å². The minimum absolute atomic E-state index is 0.00671. The number of rotatable bonds is 8. The smallest absolute Gasteiger partial charge is 0.273 e. The number of amides is 3. The summed E-state index contributed by atoms with van der Waals surface area (Å²) in [7, 11) is 1.53. The molecule has 11 heteroatoms. The number of methoxy groups -OCH3 is 1. The third-order valence-electron chi connectivity index (χ3n) is 6.12. The van der Waals surface area contributed by atoms with Crippen LogP contribution in [-0.2, 0) is 4.79 Å². The number of ether oxygens (including phenoxy) is 1. The highest BCUT2D eigenvalue weighted by Crippen LogP contribution is 2.34. The van der Waals surface area contributed by atoms with Crippen molar-refractivity contribution in [2.45, 2.75) is 37.8 Å². The Kier molecular flexibility index (Phi) is 7.76. The molecular formula is C25H26ClN5O4S. The maximum atomic E-state index is 14.0. The third-order valence-corrected chi connectivity index (χ3v) is 7.22. The number of halogens is 1. The number of aromatic nitrogens is 1. The van der Waals surface area contributed by atoms with Crippen LogP contribution in [0.4, 0.5) is 11.4 Å². The standard InChI is InChI=1S/C25H26ClN5O4S/c1-35-18-12-10-17(11-13-18)31(25(34)22-19(27)20(23(28)32)30-36-22)21(14-6-8-15(26)9-7-14)24(33)29-16-4-2-3-5-16/h6-13,16,21H,2-5,27H2,1H3,(H2,28,32)(H,29,33)/t21-/m0/s1. The lowest BCUT2D eigenvalue weighted by atomic mass is 10.0. The topological polar surface area (TPSA) is 141 Å². The molecule has 1 fully saturated rings. The highest BCUT2D eigenvalue weighted by molar-refractivity contribution is 7.09. The van der Waals surface area contributed by atoms with Gasteiger partial charge < -0.3 is 21.5 Å². The average molecular weight is 528 g/mol. The van der Waals surface area contributed by atoms with Gasteiger partial charge in [-0.3, -0.25) is 19.3 Å². The van der Waals surface area contributed by atoms with Crippen LogP contribution in [0.15, 0.2) is 48.5 Å². The Morgan fingerprint density at radius 1 is 1.11 bits per heavy atom. The maximum Gasteiger partial charge on any atom is 0.273 e. The van der Waals surface area contributed by atoms with Gasteiger partial charge >= 0.3 is 0 Å². The lowest BCUT2D eigenvalue weighted by Gasteiger charge is -2.32. The van der Waals surface area contributed by atoms with Gasteiger partial charge in [0.1, 0.15) is 16.7 Å². The molecule has 3 aromatic rings. The number of nitrogen functional groups attached to an aromatic ring is 1. The van der Waals surface area contributed by atoms with Crippen LogP contribution in [-0.4, -0.2) is 35.2 Å². The van der Waals surface area contributed by atoms with Crippen molar-refractivity contribution in [1.82, 2.24) is 9.69 Å². The lowest BCUT2D eigenvalue weighted by molar-refractivity contribution is -0.123. The number of nitrogens with zero attached hydrogens (tertiary/aromatic N) is 2. The van der Waals surface area contributed by atoms with Crippen molar-refractivity contribution >= 4 is 52.2 Å². The summed E-state index contributed by atoms with van der Waals surface area (Å²) in [5, 5.41) is 3.60. The molecule has 9 nitrogen and oxygen atoms in total. The molecule has 0 unspecified atom stereocenters. The van der Waals surface area contributed by atoms with E-state index in [1.54, 1.807) is 48.5 Å². The van der Waals surface area contributed by atoms with Crippen molar-refractivity contribution in [1.29, 1.82) is 0 Å². The number of hydrogen-bond acceptors (Lipinski definition) is 7. The Morgan fingerprint density at radius 3 is 2.31 bits per heavy atom. The minimum atomic E-state index is -1.05. The molecule has 0 bridgehead atoms. The number of benzene rings is 2. The molecule has 188 valence electrons. The number of anilines is 2. The van der Waals surface area contributed by atoms with E-state index in [4.69, 9.17) is 27.8 Å². The molecule has 4 rings (SSSR count). The second-order valence-electron chi connectivity index (χ2n) is 8.46.